The molecule has 0 spiro atoms. The molecule has 5 heteroatoms. The van der Waals surface area contributed by atoms with Crippen molar-refractivity contribution in [3.8, 4) is 0 Å². The van der Waals surface area contributed by atoms with E-state index in [0.29, 0.717) is 101 Å². The van der Waals surface area contributed by atoms with Gasteiger partial charge in [-0.1, -0.05) is 527 Å². The van der Waals surface area contributed by atoms with Crippen molar-refractivity contribution in [3.63, 3.8) is 0 Å². The van der Waals surface area contributed by atoms with Crippen LogP contribution in [0.1, 0.15) is 604 Å². The maximum Gasteiger partial charge on any atom is 0.0909 e. The summed E-state index contributed by atoms with van der Waals surface area (Å²) in [6.07, 6.45) is 7.41. The second kappa shape index (κ2) is 79.5. The summed E-state index contributed by atoms with van der Waals surface area (Å²) >= 11 is 0. The first kappa shape index (κ1) is 163. The molecule has 5 heterocycles. The van der Waals surface area contributed by atoms with Crippen molar-refractivity contribution in [2.45, 2.75) is 583 Å². The van der Waals surface area contributed by atoms with Gasteiger partial charge < -0.3 is 24.5 Å². The molecule has 5 aliphatic heterocycles. The van der Waals surface area contributed by atoms with E-state index in [1.165, 1.54) is 92.4 Å². The number of nitrogens with zero attached hydrogens (tertiary/aromatic N) is 5. The Labute approximate surface area is 944 Å². The Morgan fingerprint density at radius 3 is 0.393 bits per heavy atom. The van der Waals surface area contributed by atoms with Gasteiger partial charge in [0.05, 0.1) is 6.67 Å². The number of anilines is 5. The summed E-state index contributed by atoms with van der Waals surface area (Å²) in [6, 6.07) is 48.8. The molecule has 20 rings (SSSR count). The second-order valence-electron chi connectivity index (χ2n) is 37.6. The minimum Gasteiger partial charge on any atom is -0.368 e. The number of benzene rings is 10. The van der Waals surface area contributed by atoms with Crippen molar-refractivity contribution in [2.75, 3.05) is 50.8 Å². The zero-order valence-electron chi connectivity index (χ0n) is 102. The van der Waals surface area contributed by atoms with Crippen molar-refractivity contribution in [3.05, 3.63) is 205 Å². The molecule has 10 aromatic carbocycles. The molecule has 0 aromatic heterocycles. The van der Waals surface area contributed by atoms with E-state index in [0.717, 1.165) is 44.1 Å². The Bertz CT molecular complexity index is 4790. The van der Waals surface area contributed by atoms with Crippen LogP contribution >= 0.6 is 0 Å². The highest BCUT2D eigenvalue weighted by atomic mass is 15.4. The molecular formula is C145H265N5. The quantitative estimate of drug-likeness (QED) is 0.170. The van der Waals surface area contributed by atoms with E-state index in [-0.39, 0.29) is 74.3 Å². The fourth-order valence-electron chi connectivity index (χ4n) is 24.6. The van der Waals surface area contributed by atoms with Gasteiger partial charge in [0, 0.05) is 108 Å². The molecule has 0 saturated heterocycles. The second-order valence-corrected chi connectivity index (χ2v) is 37.6. The number of hydrogen-bond acceptors (Lipinski definition) is 5. The van der Waals surface area contributed by atoms with Crippen LogP contribution in [-0.2, 0) is 32.1 Å². The number of rotatable bonds is 5. The molecule has 0 radical (unpaired) electrons. The molecule has 10 aromatic rings. The summed E-state index contributed by atoms with van der Waals surface area (Å²) in [5.74, 6) is 9.81. The van der Waals surface area contributed by atoms with Gasteiger partial charge >= 0.3 is 0 Å². The van der Waals surface area contributed by atoms with Crippen molar-refractivity contribution >= 4 is 82.3 Å². The molecule has 5 nitrogen and oxygen atoms in total. The van der Waals surface area contributed by atoms with E-state index in [1.807, 2.05) is 208 Å². The molecule has 0 amide bonds. The summed E-state index contributed by atoms with van der Waals surface area (Å²) in [5, 5.41) is 15.1. The van der Waals surface area contributed by atoms with Gasteiger partial charge in [-0.3, -0.25) is 0 Å². The van der Waals surface area contributed by atoms with Crippen LogP contribution in [0.15, 0.2) is 121 Å². The number of hydrogen-bond donors (Lipinski definition) is 0. The van der Waals surface area contributed by atoms with E-state index in [4.69, 9.17) is 0 Å². The average Bonchev–Trinajstić information content (AvgIpc) is 1.56. The summed E-state index contributed by atoms with van der Waals surface area (Å²) in [5.41, 5.74) is 32.5. The third-order valence-corrected chi connectivity index (χ3v) is 32.2. The van der Waals surface area contributed by atoms with Crippen molar-refractivity contribution in [1.82, 2.24) is 0 Å². The fraction of sp³-hybridized carbons (Fsp3) is 0.655. The highest BCUT2D eigenvalue weighted by Crippen LogP contribution is 2.61. The van der Waals surface area contributed by atoms with Gasteiger partial charge in [-0.05, 0) is 284 Å². The Morgan fingerprint density at radius 1 is 0.167 bits per heavy atom. The first-order valence-corrected chi connectivity index (χ1v) is 59.5. The first-order valence-electron chi connectivity index (χ1n) is 59.5. The first-order chi connectivity index (χ1) is 67.8. The molecule has 0 fully saturated rings. The van der Waals surface area contributed by atoms with Gasteiger partial charge in [-0.25, -0.2) is 0 Å². The van der Waals surface area contributed by atoms with E-state index >= 15 is 0 Å². The molecule has 0 unspecified atom stereocenters. The van der Waals surface area contributed by atoms with Crippen LogP contribution in [0.4, 0.5) is 28.4 Å². The molecule has 0 N–H and O–H groups in total. The zero-order chi connectivity index (χ0) is 108. The van der Waals surface area contributed by atoms with Crippen LogP contribution in [0.5, 0.6) is 0 Å². The summed E-state index contributed by atoms with van der Waals surface area (Å²) in [4.78, 5) is 13.7. The van der Waals surface area contributed by atoms with E-state index in [9.17, 15) is 0 Å². The maximum atomic E-state index is 2.84. The van der Waals surface area contributed by atoms with E-state index in [1.54, 1.807) is 112 Å². The Hall–Kier alpha value is -7.50. The lowest BCUT2D eigenvalue weighted by Crippen LogP contribution is -2.45. The fourth-order valence-corrected chi connectivity index (χ4v) is 24.6. The van der Waals surface area contributed by atoms with E-state index < -0.39 is 0 Å². The largest absolute Gasteiger partial charge is 0.368 e. The minimum atomic E-state index is 0. The van der Waals surface area contributed by atoms with Gasteiger partial charge in [-0.2, -0.15) is 0 Å². The maximum absolute atomic E-state index is 2.84. The highest BCUT2D eigenvalue weighted by molar-refractivity contribution is 6.03. The lowest BCUT2D eigenvalue weighted by atomic mass is 9.87. The van der Waals surface area contributed by atoms with Gasteiger partial charge in [0.15, 0.2) is 0 Å². The van der Waals surface area contributed by atoms with Crippen LogP contribution in [0.2, 0.25) is 0 Å². The summed E-state index contributed by atoms with van der Waals surface area (Å²) in [7, 11) is 0. The lowest BCUT2D eigenvalue weighted by Gasteiger charge is -2.37. The molecule has 0 saturated carbocycles. The molecule has 10 aliphatic rings. The van der Waals surface area contributed by atoms with Gasteiger partial charge in [-0.15, -0.1) is 0 Å². The van der Waals surface area contributed by atoms with Gasteiger partial charge in [0.25, 0.3) is 0 Å². The van der Waals surface area contributed by atoms with Crippen LogP contribution in [0.25, 0.3) is 53.9 Å². The van der Waals surface area contributed by atoms with Gasteiger partial charge in [0.2, 0.25) is 0 Å². The standard InChI is InChI=1S/C39H46N2.3C21H27N.C3H8.15C2H6.10CH4/c1-20-17-32-34(22(20)3)28-13-9-11-15-30(28)36-24(5)26(7)40(38(32)36)19-41-27(8)25(6)37-31-16-12-10-14-29(31)35-23(4)21(2)18-33(35)39(37)41;3*1-6-22-15(5)14(4)20-17-10-8-7-9-16(17)19-13(3)12(2)11-18(19)21(20)22;1-3-2;15*1-2;;;;;;;;;;/h9-16,20-27H,17-19H2,1-8H3;3*7-10,12-15H,6,11H2,1-5H3;3H2,1-2H3;15*1-2H3;10*1H4/t20-,21-,22-,23-,24+,25+,26-,27-;3*12-,13-,14+,15-;;;;;;;;;;;;;;;;;;;;;;;;;;/m0000........................../s1. The molecule has 5 aliphatic carbocycles. The third-order valence-electron chi connectivity index (χ3n) is 32.2. The highest BCUT2D eigenvalue weighted by Gasteiger charge is 2.49. The third kappa shape index (κ3) is 30.9. The van der Waals surface area contributed by atoms with Crippen LogP contribution in [0.3, 0.4) is 0 Å². The van der Waals surface area contributed by atoms with Gasteiger partial charge in [0.1, 0.15) is 0 Å². The Kier molecular flexibility index (Phi) is 86.1. The molecule has 870 valence electrons. The lowest BCUT2D eigenvalue weighted by molar-refractivity contribution is 0.528. The van der Waals surface area contributed by atoms with Crippen molar-refractivity contribution in [1.29, 1.82) is 0 Å². The van der Waals surface area contributed by atoms with Crippen LogP contribution < -0.4 is 24.5 Å². The Morgan fingerprint density at radius 2 is 0.273 bits per heavy atom. The predicted octanol–water partition coefficient (Wildman–Crippen LogP) is 49.4. The van der Waals surface area contributed by atoms with Crippen LogP contribution in [-0.4, -0.2) is 56.5 Å². The van der Waals surface area contributed by atoms with Crippen molar-refractivity contribution < 1.29 is 0 Å². The Balaban J connectivity index is -0.000000200. The summed E-state index contributed by atoms with van der Waals surface area (Å²) in [6.45, 7) is 124. The van der Waals surface area contributed by atoms with Crippen LogP contribution in [0, 0.1) is 29.6 Å². The topological polar surface area (TPSA) is 16.2 Å². The summed E-state index contributed by atoms with van der Waals surface area (Å²) < 4.78 is 0. The monoisotopic (exact) mass is 2080 g/mol. The molecule has 0 bridgehead atoms. The van der Waals surface area contributed by atoms with E-state index in [2.05, 4.69) is 319 Å². The average molecular weight is 2080 g/mol. The zero-order valence-corrected chi connectivity index (χ0v) is 102. The molecule has 20 atom stereocenters. The predicted molar refractivity (Wildman–Crippen MR) is 718 cm³/mol. The number of likely N-dealkylation sites (N-methyl/N-ethyl adjacent to an activating group) is 3. The normalized spacial score (nSPS) is 22.6. The smallest absolute Gasteiger partial charge is 0.0909 e. The SMILES string of the molecule is C.C.C.C.C.C.C.C.C.C.CC.CC.CC.CC.CC.CC.CC.CC.CC.CC.CC.CC.CC.CC.CC.CCC.CCN1c2c3c(c4ccccc4c2[C@H](C)[C@@H]1C)[C@@H](C)[C@@H](C)C3.CCN1c2c3c(c4ccccc4c2[C@H](C)[C@@H]1C)[C@@H](C)[C@@H](C)C3.CCN1c2c3c(c4ccccc4c2[C@H](C)[C@@H]1C)[C@@H](C)[C@@H](C)C3.C[C@@H]1c2c(c3c(c4ccccc24)[C@H](C)[C@H](C)N3CN2c3c4c(c5ccccc5c3[C@H](C)[C@@H]2C)[C@@H](C)[C@@H](C)C4)C[C@@H]1C. The molecular weight excluding hydrogens is 1810 g/mol. The minimum absolute atomic E-state index is 0. The van der Waals surface area contributed by atoms with Crippen molar-refractivity contribution in [2.24, 2.45) is 29.6 Å². The number of fused-ring (bicyclic) bond motifs is 30. The molecule has 150 heavy (non-hydrogen) atoms.